The van der Waals surface area contributed by atoms with Gasteiger partial charge in [0.25, 0.3) is 0 Å². The van der Waals surface area contributed by atoms with Crippen LogP contribution in [0.25, 0.3) is 0 Å². The van der Waals surface area contributed by atoms with Gasteiger partial charge in [-0.1, -0.05) is 5.16 Å². The summed E-state index contributed by atoms with van der Waals surface area (Å²) in [4.78, 5) is 11.7. The number of hydrogen-bond donors (Lipinski definition) is 0. The molecule has 1 spiro atoms. The van der Waals surface area contributed by atoms with Gasteiger partial charge in [-0.2, -0.15) is 0 Å². The van der Waals surface area contributed by atoms with Crippen molar-refractivity contribution in [3.05, 3.63) is 40.8 Å². The molecule has 1 fully saturated rings. The van der Waals surface area contributed by atoms with Gasteiger partial charge in [-0.25, -0.2) is 9.97 Å². The normalized spacial score (nSPS) is 24.8. The van der Waals surface area contributed by atoms with E-state index in [-0.39, 0.29) is 5.41 Å². The van der Waals surface area contributed by atoms with Crippen LogP contribution in [0.3, 0.4) is 0 Å². The van der Waals surface area contributed by atoms with Gasteiger partial charge >= 0.3 is 0 Å². The SMILES string of the molecule is Cc1cc(CN2CCCC3(CCc4cnc(C)nc43)C2)on1. The fourth-order valence-electron chi connectivity index (χ4n) is 4.10. The molecule has 0 radical (unpaired) electrons. The Bertz CT molecular complexity index is 692. The molecule has 2 aromatic rings. The number of hydrogen-bond acceptors (Lipinski definition) is 5. The van der Waals surface area contributed by atoms with E-state index in [9.17, 15) is 0 Å². The molecule has 5 nitrogen and oxygen atoms in total. The molecule has 0 amide bonds. The summed E-state index contributed by atoms with van der Waals surface area (Å²) in [5, 5.41) is 4.00. The van der Waals surface area contributed by atoms with E-state index in [2.05, 4.69) is 15.0 Å². The Balaban J connectivity index is 1.58. The zero-order valence-electron chi connectivity index (χ0n) is 13.3. The van der Waals surface area contributed by atoms with E-state index >= 15 is 0 Å². The first-order valence-electron chi connectivity index (χ1n) is 8.12. The van der Waals surface area contributed by atoms with Gasteiger partial charge in [-0.3, -0.25) is 4.90 Å². The van der Waals surface area contributed by atoms with E-state index in [1.54, 1.807) is 0 Å². The monoisotopic (exact) mass is 298 g/mol. The summed E-state index contributed by atoms with van der Waals surface area (Å²) in [5.74, 6) is 1.86. The molecule has 0 aromatic carbocycles. The lowest BCUT2D eigenvalue weighted by Gasteiger charge is -2.40. The van der Waals surface area contributed by atoms with Crippen molar-refractivity contribution in [3.63, 3.8) is 0 Å². The van der Waals surface area contributed by atoms with Gasteiger partial charge in [0, 0.05) is 24.2 Å². The fourth-order valence-corrected chi connectivity index (χ4v) is 4.10. The lowest BCUT2D eigenvalue weighted by molar-refractivity contribution is 0.125. The van der Waals surface area contributed by atoms with Crippen molar-refractivity contribution >= 4 is 0 Å². The van der Waals surface area contributed by atoms with Crippen molar-refractivity contribution < 1.29 is 4.52 Å². The molecule has 1 atom stereocenters. The third-order valence-electron chi connectivity index (χ3n) is 5.07. The van der Waals surface area contributed by atoms with Gasteiger partial charge in [-0.15, -0.1) is 0 Å². The molecule has 0 bridgehead atoms. The highest BCUT2D eigenvalue weighted by Crippen LogP contribution is 2.44. The Morgan fingerprint density at radius 3 is 3.05 bits per heavy atom. The highest BCUT2D eigenvalue weighted by molar-refractivity contribution is 5.33. The molecule has 0 N–H and O–H groups in total. The Labute approximate surface area is 130 Å². The van der Waals surface area contributed by atoms with Gasteiger partial charge in [0.05, 0.1) is 17.9 Å². The van der Waals surface area contributed by atoms with Crippen molar-refractivity contribution in [3.8, 4) is 0 Å². The van der Waals surface area contributed by atoms with Gasteiger partial charge in [0.2, 0.25) is 0 Å². The lowest BCUT2D eigenvalue weighted by atomic mass is 9.77. The van der Waals surface area contributed by atoms with Crippen LogP contribution in [0.2, 0.25) is 0 Å². The minimum absolute atomic E-state index is 0.219. The molecule has 116 valence electrons. The lowest BCUT2D eigenvalue weighted by Crippen LogP contribution is -2.45. The van der Waals surface area contributed by atoms with Gasteiger partial charge in [0.1, 0.15) is 5.82 Å². The highest BCUT2D eigenvalue weighted by Gasteiger charge is 2.43. The zero-order chi connectivity index (χ0) is 15.2. The first-order valence-corrected chi connectivity index (χ1v) is 8.12. The summed E-state index contributed by atoms with van der Waals surface area (Å²) in [7, 11) is 0. The number of rotatable bonds is 2. The molecule has 3 heterocycles. The van der Waals surface area contributed by atoms with Crippen molar-refractivity contribution in [2.24, 2.45) is 0 Å². The molecule has 0 saturated carbocycles. The molecule has 1 aliphatic heterocycles. The Hall–Kier alpha value is -1.75. The summed E-state index contributed by atoms with van der Waals surface area (Å²) >= 11 is 0. The number of piperidine rings is 1. The van der Waals surface area contributed by atoms with E-state index in [1.165, 1.54) is 30.5 Å². The second-order valence-corrected chi connectivity index (χ2v) is 6.82. The second kappa shape index (κ2) is 5.16. The molecule has 4 rings (SSSR count). The molecule has 1 aliphatic carbocycles. The minimum atomic E-state index is 0.219. The number of aromatic nitrogens is 3. The number of fused-ring (bicyclic) bond motifs is 2. The van der Waals surface area contributed by atoms with Crippen molar-refractivity contribution in [2.45, 2.75) is 51.5 Å². The fraction of sp³-hybridized carbons (Fsp3) is 0.588. The molecule has 2 aromatic heterocycles. The van der Waals surface area contributed by atoms with E-state index < -0.39 is 0 Å². The third kappa shape index (κ3) is 2.33. The molecule has 22 heavy (non-hydrogen) atoms. The van der Waals surface area contributed by atoms with Crippen LogP contribution in [-0.2, 0) is 18.4 Å². The van der Waals surface area contributed by atoms with Crippen molar-refractivity contribution in [1.82, 2.24) is 20.0 Å². The van der Waals surface area contributed by atoms with E-state index in [0.717, 1.165) is 43.3 Å². The van der Waals surface area contributed by atoms with Crippen LogP contribution in [0.4, 0.5) is 0 Å². The van der Waals surface area contributed by atoms with E-state index in [0.29, 0.717) is 0 Å². The van der Waals surface area contributed by atoms with Crippen LogP contribution in [0, 0.1) is 13.8 Å². The average Bonchev–Trinajstić information content (AvgIpc) is 3.05. The number of aryl methyl sites for hydroxylation is 3. The van der Waals surface area contributed by atoms with Crippen LogP contribution in [0.5, 0.6) is 0 Å². The quantitative estimate of drug-likeness (QED) is 0.853. The van der Waals surface area contributed by atoms with Gasteiger partial charge < -0.3 is 4.52 Å². The van der Waals surface area contributed by atoms with Gasteiger partial charge in [0.15, 0.2) is 5.76 Å². The molecule has 5 heteroatoms. The number of likely N-dealkylation sites (tertiary alicyclic amines) is 1. The van der Waals surface area contributed by atoms with Crippen LogP contribution in [0.1, 0.15) is 47.8 Å². The summed E-state index contributed by atoms with van der Waals surface area (Å²) in [6.07, 6.45) is 6.81. The van der Waals surface area contributed by atoms with Crippen LogP contribution in [-0.4, -0.2) is 33.1 Å². The average molecular weight is 298 g/mol. The summed E-state index contributed by atoms with van der Waals surface area (Å²) < 4.78 is 5.39. The third-order valence-corrected chi connectivity index (χ3v) is 5.07. The first-order chi connectivity index (χ1) is 10.6. The topological polar surface area (TPSA) is 55.1 Å². The Morgan fingerprint density at radius 2 is 2.23 bits per heavy atom. The smallest absolute Gasteiger partial charge is 0.150 e. The number of nitrogens with zero attached hydrogens (tertiary/aromatic N) is 4. The first kappa shape index (κ1) is 13.9. The van der Waals surface area contributed by atoms with Crippen LogP contribution >= 0.6 is 0 Å². The van der Waals surface area contributed by atoms with Crippen molar-refractivity contribution in [2.75, 3.05) is 13.1 Å². The molecular weight excluding hydrogens is 276 g/mol. The minimum Gasteiger partial charge on any atom is -0.360 e. The largest absolute Gasteiger partial charge is 0.360 e. The predicted molar refractivity (Wildman–Crippen MR) is 82.5 cm³/mol. The van der Waals surface area contributed by atoms with Gasteiger partial charge in [-0.05, 0) is 51.6 Å². The highest BCUT2D eigenvalue weighted by atomic mass is 16.5. The van der Waals surface area contributed by atoms with Crippen LogP contribution < -0.4 is 0 Å². The molecule has 1 saturated heterocycles. The zero-order valence-corrected chi connectivity index (χ0v) is 13.3. The maximum absolute atomic E-state index is 5.39. The Kier molecular flexibility index (Phi) is 3.26. The van der Waals surface area contributed by atoms with E-state index in [4.69, 9.17) is 9.51 Å². The maximum atomic E-state index is 5.39. The summed E-state index contributed by atoms with van der Waals surface area (Å²) in [6, 6.07) is 2.04. The summed E-state index contributed by atoms with van der Waals surface area (Å²) in [6.45, 7) is 7.00. The molecule has 2 aliphatic rings. The predicted octanol–water partition coefficient (Wildman–Crippen LogP) is 2.56. The summed E-state index contributed by atoms with van der Waals surface area (Å²) in [5.41, 5.74) is 3.83. The van der Waals surface area contributed by atoms with E-state index in [1.807, 2.05) is 26.1 Å². The van der Waals surface area contributed by atoms with Crippen LogP contribution in [0.15, 0.2) is 16.8 Å². The Morgan fingerprint density at radius 1 is 1.32 bits per heavy atom. The second-order valence-electron chi connectivity index (χ2n) is 6.82. The molecule has 1 unspecified atom stereocenters. The van der Waals surface area contributed by atoms with Crippen molar-refractivity contribution in [1.29, 1.82) is 0 Å². The standard InChI is InChI=1S/C17H22N4O/c1-12-8-15(22-20-12)10-21-7-3-5-17(11-21)6-4-14-9-18-13(2)19-16(14)17/h8-9H,3-7,10-11H2,1-2H3. The maximum Gasteiger partial charge on any atom is 0.150 e. The molecular formula is C17H22N4O.